The predicted molar refractivity (Wildman–Crippen MR) is 119 cm³/mol. The fourth-order valence-corrected chi connectivity index (χ4v) is 3.81. The summed E-state index contributed by atoms with van der Waals surface area (Å²) < 4.78 is 41.3. The largest absolute Gasteiger partial charge is 0.401 e. The van der Waals surface area contributed by atoms with E-state index < -0.39 is 18.6 Å². The van der Waals surface area contributed by atoms with Gasteiger partial charge in [0.15, 0.2) is 11.6 Å². The first-order valence-corrected chi connectivity index (χ1v) is 10.6. The minimum Gasteiger partial charge on any atom is -0.366 e. The van der Waals surface area contributed by atoms with E-state index in [0.29, 0.717) is 34.7 Å². The Balaban J connectivity index is 1.71. The SMILES string of the molecule is CCn1nc(C)cc1-c1n[nH]c(-c2cc(C(N)=O)cc3c2cnn3CCN(C)CC(F)(F)F)n1. The van der Waals surface area contributed by atoms with Gasteiger partial charge in [-0.3, -0.25) is 24.2 Å². The number of primary amides is 1. The second-order valence-electron chi connectivity index (χ2n) is 8.04. The van der Waals surface area contributed by atoms with Crippen LogP contribution < -0.4 is 5.73 Å². The number of alkyl halides is 3. The molecule has 4 aromatic rings. The standard InChI is InChI=1S/C21H24F3N9O/c1-4-32-17(7-12(2)30-32)20-27-19(28-29-20)14-8-13(18(25)34)9-16-15(14)10-26-33(16)6-5-31(3)11-21(22,23)24/h7-10H,4-6,11H2,1-3H3,(H2,25,34)(H,27,28,29). The van der Waals surface area contributed by atoms with E-state index in [2.05, 4.69) is 25.4 Å². The van der Waals surface area contributed by atoms with Crippen molar-refractivity contribution in [1.82, 2.24) is 39.6 Å². The summed E-state index contributed by atoms with van der Waals surface area (Å²) in [5.41, 5.74) is 8.45. The topological polar surface area (TPSA) is 124 Å². The molecule has 13 heteroatoms. The number of aromatic nitrogens is 7. The van der Waals surface area contributed by atoms with Crippen LogP contribution in [0.3, 0.4) is 0 Å². The highest BCUT2D eigenvalue weighted by atomic mass is 19.4. The molecule has 3 heterocycles. The van der Waals surface area contributed by atoms with Crippen LogP contribution in [0.1, 0.15) is 23.0 Å². The van der Waals surface area contributed by atoms with Crippen LogP contribution in [0.4, 0.5) is 13.2 Å². The highest BCUT2D eigenvalue weighted by Gasteiger charge is 2.29. The highest BCUT2D eigenvalue weighted by molar-refractivity contribution is 6.02. The van der Waals surface area contributed by atoms with Crippen LogP contribution in [0.2, 0.25) is 0 Å². The Bertz CT molecular complexity index is 1340. The highest BCUT2D eigenvalue weighted by Crippen LogP contribution is 2.30. The number of H-pyrrole nitrogens is 1. The van der Waals surface area contributed by atoms with Crippen molar-refractivity contribution in [3.8, 4) is 22.9 Å². The van der Waals surface area contributed by atoms with Gasteiger partial charge >= 0.3 is 6.18 Å². The van der Waals surface area contributed by atoms with Gasteiger partial charge in [-0.15, -0.1) is 0 Å². The number of benzene rings is 1. The third-order valence-corrected chi connectivity index (χ3v) is 5.36. The van der Waals surface area contributed by atoms with Gasteiger partial charge in [-0.25, -0.2) is 4.98 Å². The van der Waals surface area contributed by atoms with Gasteiger partial charge in [0.25, 0.3) is 0 Å². The molecule has 10 nitrogen and oxygen atoms in total. The molecule has 180 valence electrons. The monoisotopic (exact) mass is 475 g/mol. The van der Waals surface area contributed by atoms with Gasteiger partial charge in [0.1, 0.15) is 5.69 Å². The Hall–Kier alpha value is -3.74. The molecule has 0 spiro atoms. The molecule has 0 unspecified atom stereocenters. The van der Waals surface area contributed by atoms with Gasteiger partial charge in [-0.05, 0) is 39.1 Å². The summed E-state index contributed by atoms with van der Waals surface area (Å²) in [6.07, 6.45) is -2.70. The molecule has 34 heavy (non-hydrogen) atoms. The second-order valence-corrected chi connectivity index (χ2v) is 8.04. The van der Waals surface area contributed by atoms with E-state index >= 15 is 0 Å². The molecule has 0 fully saturated rings. The maximum Gasteiger partial charge on any atom is 0.401 e. The first-order chi connectivity index (χ1) is 16.1. The van der Waals surface area contributed by atoms with E-state index in [1.807, 2.05) is 19.9 Å². The molecule has 1 aromatic carbocycles. The number of amides is 1. The summed E-state index contributed by atoms with van der Waals surface area (Å²) in [7, 11) is 1.39. The molecule has 3 N–H and O–H groups in total. The normalized spacial score (nSPS) is 12.2. The number of carbonyl (C=O) groups excluding carboxylic acids is 1. The number of nitrogens with zero attached hydrogens (tertiary/aromatic N) is 7. The van der Waals surface area contributed by atoms with Crippen LogP contribution in [0, 0.1) is 6.92 Å². The van der Waals surface area contributed by atoms with Gasteiger partial charge in [0.05, 0.1) is 30.5 Å². The average Bonchev–Trinajstić information content (AvgIpc) is 3.48. The summed E-state index contributed by atoms with van der Waals surface area (Å²) in [6.45, 7) is 3.75. The number of halogens is 3. The Morgan fingerprint density at radius 2 is 2.00 bits per heavy atom. The van der Waals surface area contributed by atoms with E-state index in [4.69, 9.17) is 5.73 Å². The van der Waals surface area contributed by atoms with E-state index in [1.165, 1.54) is 7.05 Å². The first-order valence-electron chi connectivity index (χ1n) is 10.6. The van der Waals surface area contributed by atoms with Crippen molar-refractivity contribution < 1.29 is 18.0 Å². The second kappa shape index (κ2) is 8.89. The van der Waals surface area contributed by atoms with Gasteiger partial charge in [0.2, 0.25) is 5.91 Å². The zero-order valence-electron chi connectivity index (χ0n) is 18.9. The molecule has 0 saturated heterocycles. The van der Waals surface area contributed by atoms with Crippen molar-refractivity contribution in [3.05, 3.63) is 35.7 Å². The Kier molecular flexibility index (Phi) is 6.13. The first kappa shape index (κ1) is 23.4. The molecule has 0 aliphatic carbocycles. The third-order valence-electron chi connectivity index (χ3n) is 5.36. The average molecular weight is 475 g/mol. The van der Waals surface area contributed by atoms with Crippen molar-refractivity contribution in [2.45, 2.75) is 33.1 Å². The summed E-state index contributed by atoms with van der Waals surface area (Å²) >= 11 is 0. The molecule has 4 rings (SSSR count). The van der Waals surface area contributed by atoms with E-state index in [0.717, 1.165) is 16.3 Å². The number of nitrogens with one attached hydrogen (secondary N) is 1. The van der Waals surface area contributed by atoms with Crippen LogP contribution in [-0.4, -0.2) is 71.9 Å². The molecule has 0 bridgehead atoms. The number of nitrogens with two attached hydrogens (primary N) is 1. The molecule has 0 saturated carbocycles. The number of aryl methyl sites for hydroxylation is 2. The Morgan fingerprint density at radius 3 is 2.68 bits per heavy atom. The van der Waals surface area contributed by atoms with Crippen LogP contribution in [0.25, 0.3) is 33.8 Å². The fraction of sp³-hybridized carbons (Fsp3) is 0.381. The lowest BCUT2D eigenvalue weighted by molar-refractivity contribution is -0.143. The predicted octanol–water partition coefficient (Wildman–Crippen LogP) is 2.61. The number of rotatable bonds is 8. The van der Waals surface area contributed by atoms with Gasteiger partial charge < -0.3 is 5.73 Å². The van der Waals surface area contributed by atoms with Crippen molar-refractivity contribution in [3.63, 3.8) is 0 Å². The lowest BCUT2D eigenvalue weighted by Crippen LogP contribution is -2.33. The fourth-order valence-electron chi connectivity index (χ4n) is 3.81. The molecule has 0 atom stereocenters. The molecular weight excluding hydrogens is 451 g/mol. The molecule has 0 radical (unpaired) electrons. The quantitative estimate of drug-likeness (QED) is 0.404. The molecule has 0 aliphatic heterocycles. The van der Waals surface area contributed by atoms with Crippen molar-refractivity contribution in [1.29, 1.82) is 0 Å². The van der Waals surface area contributed by atoms with E-state index in [1.54, 1.807) is 27.7 Å². The molecule has 1 amide bonds. The van der Waals surface area contributed by atoms with Crippen LogP contribution in [0.5, 0.6) is 0 Å². The minimum atomic E-state index is -4.29. The summed E-state index contributed by atoms with van der Waals surface area (Å²) in [5, 5.41) is 16.6. The van der Waals surface area contributed by atoms with E-state index in [9.17, 15) is 18.0 Å². The Morgan fingerprint density at radius 1 is 1.24 bits per heavy atom. The van der Waals surface area contributed by atoms with Crippen molar-refractivity contribution >= 4 is 16.8 Å². The van der Waals surface area contributed by atoms with Crippen molar-refractivity contribution in [2.24, 2.45) is 5.73 Å². The van der Waals surface area contributed by atoms with Gasteiger partial charge in [-0.1, -0.05) is 0 Å². The molecule has 3 aromatic heterocycles. The summed E-state index contributed by atoms with van der Waals surface area (Å²) in [6, 6.07) is 5.05. The maximum atomic E-state index is 12.6. The zero-order valence-corrected chi connectivity index (χ0v) is 18.9. The van der Waals surface area contributed by atoms with Crippen LogP contribution >= 0.6 is 0 Å². The molecule has 0 aliphatic rings. The maximum absolute atomic E-state index is 12.6. The number of aromatic amines is 1. The lowest BCUT2D eigenvalue weighted by atomic mass is 10.0. The summed E-state index contributed by atoms with van der Waals surface area (Å²) in [5.74, 6) is 0.194. The van der Waals surface area contributed by atoms with Gasteiger partial charge in [-0.2, -0.15) is 28.5 Å². The van der Waals surface area contributed by atoms with Crippen molar-refractivity contribution in [2.75, 3.05) is 20.1 Å². The number of hydrogen-bond acceptors (Lipinski definition) is 6. The Labute approximate surface area is 192 Å². The lowest BCUT2D eigenvalue weighted by Gasteiger charge is -2.18. The van der Waals surface area contributed by atoms with Gasteiger partial charge in [0, 0.05) is 29.6 Å². The van der Waals surface area contributed by atoms with Crippen LogP contribution in [-0.2, 0) is 13.1 Å². The van der Waals surface area contributed by atoms with E-state index in [-0.39, 0.29) is 18.7 Å². The van der Waals surface area contributed by atoms with Crippen LogP contribution in [0.15, 0.2) is 24.4 Å². The number of likely N-dealkylation sites (N-methyl/N-ethyl adjacent to an activating group) is 1. The number of fused-ring (bicyclic) bond motifs is 1. The smallest absolute Gasteiger partial charge is 0.366 e. The minimum absolute atomic E-state index is 0.110. The summed E-state index contributed by atoms with van der Waals surface area (Å²) in [4.78, 5) is 17.8. The number of carbonyl (C=O) groups is 1. The zero-order chi connectivity index (χ0) is 24.6. The third kappa shape index (κ3) is 4.78. The number of hydrogen-bond donors (Lipinski definition) is 2. The molecular formula is C21H24F3N9O.